The Labute approximate surface area is 121 Å². The molecule has 0 rings (SSSR count). The van der Waals surface area contributed by atoms with Gasteiger partial charge in [-0.05, 0) is 13.8 Å². The molecule has 0 amide bonds. The van der Waals surface area contributed by atoms with Gasteiger partial charge in [0.1, 0.15) is 0 Å². The second-order valence-corrected chi connectivity index (χ2v) is 5.11. The van der Waals surface area contributed by atoms with Crippen LogP contribution in [0, 0.1) is 0 Å². The maximum Gasteiger partial charge on any atom is 0.496 e. The van der Waals surface area contributed by atoms with Gasteiger partial charge in [0.25, 0.3) is 0 Å². The number of carbonyl (C=O) groups excluding carboxylic acids is 2. The maximum atomic E-state index is 11.4. The zero-order valence-electron chi connectivity index (χ0n) is 11.6. The topological polar surface area (TPSA) is 129 Å². The fourth-order valence-corrected chi connectivity index (χ4v) is 1.04. The molecule has 0 fully saturated rings. The van der Waals surface area contributed by atoms with Crippen molar-refractivity contribution in [2.75, 3.05) is 6.61 Å². The SMILES string of the molecule is C=C(C)C(=O)OC(CCOOP(=O)(O)O)OC(=O)C(=C)C. The molecule has 0 aromatic rings. The van der Waals surface area contributed by atoms with Crippen molar-refractivity contribution in [3.05, 3.63) is 24.3 Å². The standard InChI is InChI=1S/C11H17O9P/c1-7(2)10(12)18-9(19-11(13)8(3)4)5-6-17-20-21(14,15)16/h9H,1,3,5-6H2,2,4H3,(H2,14,15,16). The van der Waals surface area contributed by atoms with Crippen LogP contribution in [0.25, 0.3) is 0 Å². The molecule has 0 heterocycles. The summed E-state index contributed by atoms with van der Waals surface area (Å²) in [7, 11) is -4.78. The monoisotopic (exact) mass is 324 g/mol. The lowest BCUT2D eigenvalue weighted by Crippen LogP contribution is -2.26. The van der Waals surface area contributed by atoms with Gasteiger partial charge in [-0.1, -0.05) is 13.2 Å². The zero-order chi connectivity index (χ0) is 16.6. The van der Waals surface area contributed by atoms with Crippen LogP contribution >= 0.6 is 7.82 Å². The molecule has 0 aliphatic heterocycles. The minimum Gasteiger partial charge on any atom is -0.422 e. The third kappa shape index (κ3) is 9.94. The van der Waals surface area contributed by atoms with Gasteiger partial charge in [-0.25, -0.2) is 19.0 Å². The summed E-state index contributed by atoms with van der Waals surface area (Å²) in [4.78, 5) is 43.7. The molecule has 0 bridgehead atoms. The van der Waals surface area contributed by atoms with Crippen molar-refractivity contribution < 1.29 is 43.0 Å². The van der Waals surface area contributed by atoms with E-state index in [1.807, 2.05) is 0 Å². The van der Waals surface area contributed by atoms with E-state index in [9.17, 15) is 14.2 Å². The summed E-state index contributed by atoms with van der Waals surface area (Å²) >= 11 is 0. The van der Waals surface area contributed by atoms with Crippen molar-refractivity contribution in [3.8, 4) is 0 Å². The highest BCUT2D eigenvalue weighted by Crippen LogP contribution is 2.35. The van der Waals surface area contributed by atoms with E-state index in [1.54, 1.807) is 0 Å². The van der Waals surface area contributed by atoms with E-state index in [-0.39, 0.29) is 17.6 Å². The normalized spacial score (nSPS) is 11.1. The van der Waals surface area contributed by atoms with Crippen LogP contribution in [0.15, 0.2) is 24.3 Å². The smallest absolute Gasteiger partial charge is 0.422 e. The van der Waals surface area contributed by atoms with Crippen LogP contribution in [0.1, 0.15) is 20.3 Å². The summed E-state index contributed by atoms with van der Waals surface area (Å²) in [5, 5.41) is 0. The largest absolute Gasteiger partial charge is 0.496 e. The van der Waals surface area contributed by atoms with Crippen molar-refractivity contribution in [2.45, 2.75) is 26.6 Å². The first-order valence-corrected chi connectivity index (χ1v) is 7.15. The number of hydrogen-bond acceptors (Lipinski definition) is 7. The molecule has 0 aromatic carbocycles. The molecule has 21 heavy (non-hydrogen) atoms. The highest BCUT2D eigenvalue weighted by atomic mass is 31.2. The highest BCUT2D eigenvalue weighted by Gasteiger charge is 2.21. The molecule has 0 aromatic heterocycles. The van der Waals surface area contributed by atoms with E-state index in [0.717, 1.165) is 0 Å². The predicted octanol–water partition coefficient (Wildman–Crippen LogP) is 0.982. The summed E-state index contributed by atoms with van der Waals surface area (Å²) in [6.45, 7) is 9.11. The molecule has 0 unspecified atom stereocenters. The fourth-order valence-electron chi connectivity index (χ4n) is 0.832. The fraction of sp³-hybridized carbons (Fsp3) is 0.455. The summed E-state index contributed by atoms with van der Waals surface area (Å²) in [6, 6.07) is 0. The number of rotatable bonds is 9. The van der Waals surface area contributed by atoms with Gasteiger partial charge in [0.2, 0.25) is 6.29 Å². The first-order valence-electron chi connectivity index (χ1n) is 5.62. The third-order valence-electron chi connectivity index (χ3n) is 1.76. The summed E-state index contributed by atoms with van der Waals surface area (Å²) in [6.07, 6.45) is -1.54. The molecule has 0 radical (unpaired) electrons. The number of hydrogen-bond donors (Lipinski definition) is 2. The first kappa shape index (κ1) is 19.5. The lowest BCUT2D eigenvalue weighted by atomic mass is 10.3. The molecule has 0 atom stereocenters. The molecule has 10 heteroatoms. The summed E-state index contributed by atoms with van der Waals surface area (Å²) < 4.78 is 23.7. The molecular weight excluding hydrogens is 307 g/mol. The van der Waals surface area contributed by atoms with Crippen LogP contribution in [0.5, 0.6) is 0 Å². The molecule has 0 aliphatic rings. The zero-order valence-corrected chi connectivity index (χ0v) is 12.5. The van der Waals surface area contributed by atoms with Gasteiger partial charge >= 0.3 is 19.8 Å². The van der Waals surface area contributed by atoms with Crippen molar-refractivity contribution in [1.82, 2.24) is 0 Å². The number of esters is 2. The van der Waals surface area contributed by atoms with Gasteiger partial charge < -0.3 is 19.3 Å². The first-order chi connectivity index (χ1) is 9.53. The number of ether oxygens (including phenoxy) is 2. The maximum absolute atomic E-state index is 11.4. The van der Waals surface area contributed by atoms with Crippen LogP contribution in [0.4, 0.5) is 0 Å². The Kier molecular flexibility index (Phi) is 8.08. The Balaban J connectivity index is 4.47. The summed E-state index contributed by atoms with van der Waals surface area (Å²) in [5.74, 6) is -1.60. The van der Waals surface area contributed by atoms with Crippen LogP contribution in [-0.4, -0.2) is 34.6 Å². The Morgan fingerprint density at radius 3 is 1.86 bits per heavy atom. The molecule has 9 nitrogen and oxygen atoms in total. The molecule has 0 saturated heterocycles. The van der Waals surface area contributed by atoms with Crippen LogP contribution < -0.4 is 0 Å². The van der Waals surface area contributed by atoms with E-state index in [0.29, 0.717) is 0 Å². The van der Waals surface area contributed by atoms with Gasteiger partial charge in [0, 0.05) is 17.6 Å². The lowest BCUT2D eigenvalue weighted by molar-refractivity contribution is -0.236. The average Bonchev–Trinajstić information content (AvgIpc) is 2.32. The molecule has 120 valence electrons. The number of phosphoric acid groups is 1. The molecule has 0 spiro atoms. The van der Waals surface area contributed by atoms with Crippen LogP contribution in [-0.2, 0) is 33.2 Å². The van der Waals surface area contributed by atoms with Crippen LogP contribution in [0.3, 0.4) is 0 Å². The van der Waals surface area contributed by atoms with Gasteiger partial charge in [-0.15, -0.1) is 4.67 Å². The van der Waals surface area contributed by atoms with E-state index < -0.39 is 32.7 Å². The van der Waals surface area contributed by atoms with Crippen molar-refractivity contribution in [3.63, 3.8) is 0 Å². The molecular formula is C11H17O9P. The van der Waals surface area contributed by atoms with E-state index in [4.69, 9.17) is 19.3 Å². The minimum absolute atomic E-state index is 0.0822. The second kappa shape index (κ2) is 8.71. The third-order valence-corrected chi connectivity index (χ3v) is 2.06. The summed E-state index contributed by atoms with van der Waals surface area (Å²) in [5.41, 5.74) is 0.164. The quantitative estimate of drug-likeness (QED) is 0.121. The van der Waals surface area contributed by atoms with Crippen molar-refractivity contribution >= 4 is 19.8 Å². The predicted molar refractivity (Wildman–Crippen MR) is 69.3 cm³/mol. The average molecular weight is 324 g/mol. The highest BCUT2D eigenvalue weighted by molar-refractivity contribution is 7.46. The Morgan fingerprint density at radius 2 is 1.52 bits per heavy atom. The second-order valence-electron chi connectivity index (χ2n) is 3.98. The molecule has 0 saturated carbocycles. The molecule has 2 N–H and O–H groups in total. The van der Waals surface area contributed by atoms with E-state index in [1.165, 1.54) is 13.8 Å². The van der Waals surface area contributed by atoms with Gasteiger partial charge in [-0.2, -0.15) is 0 Å². The lowest BCUT2D eigenvalue weighted by Gasteiger charge is -2.18. The Bertz CT molecular complexity index is 436. The number of carbonyl (C=O) groups is 2. The Morgan fingerprint density at radius 1 is 1.10 bits per heavy atom. The molecule has 0 aliphatic carbocycles. The van der Waals surface area contributed by atoms with E-state index in [2.05, 4.69) is 22.7 Å². The van der Waals surface area contributed by atoms with Crippen molar-refractivity contribution in [2.24, 2.45) is 0 Å². The van der Waals surface area contributed by atoms with Gasteiger partial charge in [0.15, 0.2) is 0 Å². The van der Waals surface area contributed by atoms with Crippen molar-refractivity contribution in [1.29, 1.82) is 0 Å². The Hall–Kier alpha value is -1.51. The minimum atomic E-state index is -4.78. The van der Waals surface area contributed by atoms with Crippen LogP contribution in [0.2, 0.25) is 0 Å². The van der Waals surface area contributed by atoms with Gasteiger partial charge in [0.05, 0.1) is 6.61 Å². The van der Waals surface area contributed by atoms with E-state index >= 15 is 0 Å². The van der Waals surface area contributed by atoms with Gasteiger partial charge in [-0.3, -0.25) is 0 Å².